The van der Waals surface area contributed by atoms with Gasteiger partial charge >= 0.3 is 5.51 Å². The molecule has 7 nitrogen and oxygen atoms in total. The minimum absolute atomic E-state index is 0.0866. The maximum absolute atomic E-state index is 12.8. The van der Waals surface area contributed by atoms with Gasteiger partial charge in [0.05, 0.1) is 9.82 Å². The van der Waals surface area contributed by atoms with Crippen molar-refractivity contribution in [2.24, 2.45) is 0 Å². The third-order valence-electron chi connectivity index (χ3n) is 4.77. The maximum Gasteiger partial charge on any atom is 0.501 e. The second-order valence-electron chi connectivity index (χ2n) is 6.75. The summed E-state index contributed by atoms with van der Waals surface area (Å²) >= 11 is 5.98. The number of halogens is 4. The summed E-state index contributed by atoms with van der Waals surface area (Å²) < 4.78 is 61.5. The fourth-order valence-electron chi connectivity index (χ4n) is 3.26. The number of anilines is 1. The van der Waals surface area contributed by atoms with Gasteiger partial charge in [-0.3, -0.25) is 15.0 Å². The standard InChI is InChI=1S/C18H17ClF3N3O4S/c19-14-3-1-2-13(10-14)12-23-6-8-24(9-7-23)16-5-4-15(11-17(16)25(26)27)30(28,29)18(20,21)22/h1-5,10-11H,6-9,12H2. The molecule has 0 bridgehead atoms. The van der Waals surface area contributed by atoms with E-state index >= 15 is 0 Å². The van der Waals surface area contributed by atoms with E-state index in [0.29, 0.717) is 43.8 Å². The van der Waals surface area contributed by atoms with E-state index in [1.54, 1.807) is 11.0 Å². The molecule has 1 aliphatic heterocycles. The van der Waals surface area contributed by atoms with E-state index in [1.165, 1.54) is 0 Å². The van der Waals surface area contributed by atoms with Gasteiger partial charge in [0.15, 0.2) is 0 Å². The van der Waals surface area contributed by atoms with Crippen molar-refractivity contribution < 1.29 is 26.5 Å². The molecule has 1 aliphatic rings. The van der Waals surface area contributed by atoms with Gasteiger partial charge in [0, 0.05) is 43.8 Å². The molecule has 0 amide bonds. The van der Waals surface area contributed by atoms with Gasteiger partial charge in [-0.15, -0.1) is 0 Å². The summed E-state index contributed by atoms with van der Waals surface area (Å²) in [5, 5.41) is 12.0. The lowest BCUT2D eigenvalue weighted by Gasteiger charge is -2.35. The van der Waals surface area contributed by atoms with Crippen molar-refractivity contribution in [1.82, 2.24) is 4.90 Å². The average molecular weight is 464 g/mol. The van der Waals surface area contributed by atoms with Crippen LogP contribution in [0.2, 0.25) is 5.02 Å². The quantitative estimate of drug-likeness (QED) is 0.494. The number of nitrogens with zero attached hydrogens (tertiary/aromatic N) is 3. The van der Waals surface area contributed by atoms with Crippen molar-refractivity contribution in [3.05, 3.63) is 63.2 Å². The predicted octanol–water partition coefficient (Wildman–Crippen LogP) is 3.86. The Morgan fingerprint density at radius 2 is 1.73 bits per heavy atom. The van der Waals surface area contributed by atoms with E-state index in [-0.39, 0.29) is 5.69 Å². The molecule has 1 heterocycles. The van der Waals surface area contributed by atoms with Gasteiger partial charge < -0.3 is 4.90 Å². The molecule has 162 valence electrons. The summed E-state index contributed by atoms with van der Waals surface area (Å²) in [6, 6.07) is 9.67. The smallest absolute Gasteiger partial charge is 0.363 e. The van der Waals surface area contributed by atoms with Crippen molar-refractivity contribution in [1.29, 1.82) is 0 Å². The van der Waals surface area contributed by atoms with Crippen LogP contribution < -0.4 is 4.90 Å². The molecule has 0 N–H and O–H groups in total. The van der Waals surface area contributed by atoms with E-state index in [2.05, 4.69) is 4.90 Å². The monoisotopic (exact) mass is 463 g/mol. The summed E-state index contributed by atoms with van der Waals surface area (Å²) in [6.07, 6.45) is 0. The Morgan fingerprint density at radius 1 is 1.07 bits per heavy atom. The number of sulfone groups is 1. The van der Waals surface area contributed by atoms with Gasteiger partial charge in [-0.1, -0.05) is 23.7 Å². The van der Waals surface area contributed by atoms with Crippen LogP contribution in [0.1, 0.15) is 5.56 Å². The van der Waals surface area contributed by atoms with E-state index in [9.17, 15) is 31.7 Å². The summed E-state index contributed by atoms with van der Waals surface area (Å²) in [4.78, 5) is 13.2. The Hall–Kier alpha value is -2.37. The molecule has 0 radical (unpaired) electrons. The molecule has 0 atom stereocenters. The number of nitro benzene ring substituents is 1. The van der Waals surface area contributed by atoms with Crippen LogP contribution in [0.5, 0.6) is 0 Å². The van der Waals surface area contributed by atoms with E-state index < -0.39 is 30.9 Å². The molecule has 0 unspecified atom stereocenters. The highest BCUT2D eigenvalue weighted by molar-refractivity contribution is 7.92. The fourth-order valence-corrected chi connectivity index (χ4v) is 4.25. The van der Waals surface area contributed by atoms with Gasteiger partial charge in [-0.2, -0.15) is 13.2 Å². The van der Waals surface area contributed by atoms with Gasteiger partial charge in [-0.25, -0.2) is 8.42 Å². The predicted molar refractivity (Wildman–Crippen MR) is 105 cm³/mol. The Kier molecular flexibility index (Phi) is 6.25. The zero-order chi connectivity index (χ0) is 22.1. The zero-order valence-electron chi connectivity index (χ0n) is 15.5. The molecule has 2 aromatic carbocycles. The topological polar surface area (TPSA) is 83.8 Å². The normalized spacial score (nSPS) is 15.9. The number of hydrogen-bond acceptors (Lipinski definition) is 6. The van der Waals surface area contributed by atoms with Gasteiger partial charge in [0.1, 0.15) is 5.69 Å². The van der Waals surface area contributed by atoms with E-state index in [0.717, 1.165) is 17.7 Å². The highest BCUT2D eigenvalue weighted by Gasteiger charge is 2.47. The van der Waals surface area contributed by atoms with Crippen LogP contribution in [-0.4, -0.2) is 49.9 Å². The lowest BCUT2D eigenvalue weighted by Crippen LogP contribution is -2.46. The highest BCUT2D eigenvalue weighted by Crippen LogP contribution is 2.36. The largest absolute Gasteiger partial charge is 0.501 e. The average Bonchev–Trinajstić information content (AvgIpc) is 2.67. The summed E-state index contributed by atoms with van der Waals surface area (Å²) in [6.45, 7) is 2.55. The second-order valence-corrected chi connectivity index (χ2v) is 9.13. The molecular formula is C18H17ClF3N3O4S. The summed E-state index contributed by atoms with van der Waals surface area (Å²) in [7, 11) is -5.67. The first-order chi connectivity index (χ1) is 14.0. The van der Waals surface area contributed by atoms with Crippen molar-refractivity contribution in [3.63, 3.8) is 0 Å². The summed E-state index contributed by atoms with van der Waals surface area (Å²) in [5.41, 5.74) is -5.11. The fraction of sp³-hybridized carbons (Fsp3) is 0.333. The van der Waals surface area contributed by atoms with Crippen LogP contribution >= 0.6 is 11.6 Å². The number of benzene rings is 2. The van der Waals surface area contributed by atoms with Crippen LogP contribution in [0.4, 0.5) is 24.5 Å². The molecule has 3 rings (SSSR count). The van der Waals surface area contributed by atoms with Crippen LogP contribution in [0, 0.1) is 10.1 Å². The van der Waals surface area contributed by atoms with Crippen LogP contribution in [-0.2, 0) is 16.4 Å². The number of piperazine rings is 1. The molecule has 1 saturated heterocycles. The SMILES string of the molecule is O=[N+]([O-])c1cc(S(=O)(=O)C(F)(F)F)ccc1N1CCN(Cc2cccc(Cl)c2)CC1. The number of alkyl halides is 3. The highest BCUT2D eigenvalue weighted by atomic mass is 35.5. The van der Waals surface area contributed by atoms with Crippen LogP contribution in [0.3, 0.4) is 0 Å². The van der Waals surface area contributed by atoms with E-state index in [1.807, 2.05) is 18.2 Å². The lowest BCUT2D eigenvalue weighted by atomic mass is 10.1. The zero-order valence-corrected chi connectivity index (χ0v) is 17.0. The lowest BCUT2D eigenvalue weighted by molar-refractivity contribution is -0.384. The van der Waals surface area contributed by atoms with Gasteiger partial charge in [0.2, 0.25) is 0 Å². The van der Waals surface area contributed by atoms with Crippen LogP contribution in [0.25, 0.3) is 0 Å². The Bertz CT molecular complexity index is 1050. The molecule has 0 saturated carbocycles. The van der Waals surface area contributed by atoms with Gasteiger partial charge in [0.25, 0.3) is 15.5 Å². The van der Waals surface area contributed by atoms with Crippen molar-refractivity contribution in [3.8, 4) is 0 Å². The van der Waals surface area contributed by atoms with Gasteiger partial charge in [-0.05, 0) is 29.8 Å². The molecule has 30 heavy (non-hydrogen) atoms. The third-order valence-corrected chi connectivity index (χ3v) is 6.49. The first-order valence-electron chi connectivity index (χ1n) is 8.80. The Balaban J connectivity index is 1.77. The number of rotatable bonds is 5. The minimum atomic E-state index is -5.67. The molecule has 12 heteroatoms. The van der Waals surface area contributed by atoms with E-state index in [4.69, 9.17) is 11.6 Å². The Morgan fingerprint density at radius 3 is 2.30 bits per heavy atom. The first kappa shape index (κ1) is 22.3. The summed E-state index contributed by atoms with van der Waals surface area (Å²) in [5.74, 6) is 0. The first-order valence-corrected chi connectivity index (χ1v) is 10.7. The molecular weight excluding hydrogens is 447 g/mol. The Labute approximate surface area is 175 Å². The van der Waals surface area contributed by atoms with Crippen molar-refractivity contribution >= 4 is 32.8 Å². The maximum atomic E-state index is 12.8. The van der Waals surface area contributed by atoms with Crippen LogP contribution in [0.15, 0.2) is 47.4 Å². The molecule has 0 spiro atoms. The minimum Gasteiger partial charge on any atom is -0.363 e. The second kappa shape index (κ2) is 8.40. The molecule has 1 fully saturated rings. The molecule has 2 aromatic rings. The van der Waals surface area contributed by atoms with Crippen molar-refractivity contribution in [2.75, 3.05) is 31.1 Å². The van der Waals surface area contributed by atoms with Crippen molar-refractivity contribution in [2.45, 2.75) is 16.9 Å². The molecule has 0 aromatic heterocycles. The number of nitro groups is 1. The third kappa shape index (κ3) is 4.68. The molecule has 0 aliphatic carbocycles. The number of hydrogen-bond donors (Lipinski definition) is 0.